The Balaban J connectivity index is 2.11. The zero-order valence-corrected chi connectivity index (χ0v) is 10.1. The lowest BCUT2D eigenvalue weighted by atomic mass is 10.2. The lowest BCUT2D eigenvalue weighted by molar-refractivity contribution is 0.0691. The summed E-state index contributed by atoms with van der Waals surface area (Å²) in [7, 11) is 0. The number of carbonyl (C=O) groups is 1. The first-order valence-electron chi connectivity index (χ1n) is 5.19. The van der Waals surface area contributed by atoms with Crippen LogP contribution in [0.2, 0.25) is 5.02 Å². The number of rotatable bonds is 4. The molecule has 2 rings (SSSR count). The highest BCUT2D eigenvalue weighted by Gasteiger charge is 2.11. The average molecular weight is 264 g/mol. The van der Waals surface area contributed by atoms with E-state index < -0.39 is 5.97 Å². The van der Waals surface area contributed by atoms with Crippen LogP contribution in [0.4, 0.5) is 5.82 Å². The molecule has 2 aromatic rings. The maximum absolute atomic E-state index is 10.9. The van der Waals surface area contributed by atoms with Crippen molar-refractivity contribution in [3.63, 3.8) is 0 Å². The fourth-order valence-electron chi connectivity index (χ4n) is 1.38. The van der Waals surface area contributed by atoms with Crippen molar-refractivity contribution in [2.75, 3.05) is 5.32 Å². The summed E-state index contributed by atoms with van der Waals surface area (Å²) in [6.45, 7) is 0.538. The number of carboxylic acids is 1. The molecule has 0 radical (unpaired) electrons. The third-order valence-corrected chi connectivity index (χ3v) is 2.58. The molecule has 2 aromatic heterocycles. The number of halogens is 1. The molecular formula is C12H10ClN3O2. The molecule has 18 heavy (non-hydrogen) atoms. The van der Waals surface area contributed by atoms with Gasteiger partial charge in [-0.25, -0.2) is 9.78 Å². The van der Waals surface area contributed by atoms with Crippen LogP contribution in [-0.4, -0.2) is 21.0 Å². The molecule has 0 bridgehead atoms. The topological polar surface area (TPSA) is 75.1 Å². The molecule has 0 aliphatic carbocycles. The Labute approximate surface area is 108 Å². The van der Waals surface area contributed by atoms with Gasteiger partial charge in [0.25, 0.3) is 0 Å². The number of hydrogen-bond donors (Lipinski definition) is 2. The van der Waals surface area contributed by atoms with E-state index in [1.54, 1.807) is 18.5 Å². The third kappa shape index (κ3) is 2.95. The Morgan fingerprint density at radius 2 is 2.00 bits per heavy atom. The zero-order chi connectivity index (χ0) is 13.0. The fourth-order valence-corrected chi connectivity index (χ4v) is 1.57. The quantitative estimate of drug-likeness (QED) is 0.886. The molecule has 0 saturated carbocycles. The van der Waals surface area contributed by atoms with Crippen LogP contribution in [0, 0.1) is 0 Å². The van der Waals surface area contributed by atoms with Gasteiger partial charge in [0.1, 0.15) is 5.82 Å². The smallest absolute Gasteiger partial charge is 0.356 e. The molecular weight excluding hydrogens is 254 g/mol. The zero-order valence-electron chi connectivity index (χ0n) is 9.30. The number of aromatic carboxylic acids is 1. The van der Waals surface area contributed by atoms with Crippen LogP contribution >= 0.6 is 11.6 Å². The van der Waals surface area contributed by atoms with Crippen molar-refractivity contribution in [3.8, 4) is 0 Å². The molecule has 5 nitrogen and oxygen atoms in total. The number of hydrogen-bond acceptors (Lipinski definition) is 4. The summed E-state index contributed by atoms with van der Waals surface area (Å²) in [5.41, 5.74) is 0.870. The SMILES string of the molecule is O=C(O)c1nc(NCc2ccncc2)ccc1Cl. The minimum absolute atomic E-state index is 0.122. The minimum atomic E-state index is -1.15. The number of carboxylic acid groups (broad SMARTS) is 1. The van der Waals surface area contributed by atoms with Gasteiger partial charge < -0.3 is 10.4 Å². The van der Waals surface area contributed by atoms with Gasteiger partial charge in [0.2, 0.25) is 0 Å². The predicted octanol–water partition coefficient (Wildman–Crippen LogP) is 2.44. The number of nitrogens with zero attached hydrogens (tertiary/aromatic N) is 2. The fraction of sp³-hybridized carbons (Fsp3) is 0.0833. The lowest BCUT2D eigenvalue weighted by Crippen LogP contribution is -2.06. The van der Waals surface area contributed by atoms with E-state index in [0.29, 0.717) is 12.4 Å². The van der Waals surface area contributed by atoms with Gasteiger partial charge in [0, 0.05) is 18.9 Å². The largest absolute Gasteiger partial charge is 0.476 e. The Hall–Kier alpha value is -2.14. The van der Waals surface area contributed by atoms with Gasteiger partial charge in [-0.3, -0.25) is 4.98 Å². The molecule has 0 unspecified atom stereocenters. The van der Waals surface area contributed by atoms with Crippen molar-refractivity contribution >= 4 is 23.4 Å². The predicted molar refractivity (Wildman–Crippen MR) is 67.8 cm³/mol. The molecule has 0 saturated heterocycles. The van der Waals surface area contributed by atoms with E-state index in [1.807, 2.05) is 12.1 Å². The Bertz CT molecular complexity index is 561. The molecule has 2 heterocycles. The molecule has 2 N–H and O–H groups in total. The maximum Gasteiger partial charge on any atom is 0.356 e. The van der Waals surface area contributed by atoms with Crippen molar-refractivity contribution in [2.45, 2.75) is 6.54 Å². The maximum atomic E-state index is 10.9. The van der Waals surface area contributed by atoms with Crippen LogP contribution in [0.1, 0.15) is 16.1 Å². The summed E-state index contributed by atoms with van der Waals surface area (Å²) in [5, 5.41) is 12.0. The molecule has 0 aliphatic rings. The Kier molecular flexibility index (Phi) is 3.74. The summed E-state index contributed by atoms with van der Waals surface area (Å²) in [5.74, 6) is -0.679. The number of pyridine rings is 2. The van der Waals surface area contributed by atoms with Gasteiger partial charge in [0.05, 0.1) is 5.02 Å². The van der Waals surface area contributed by atoms with E-state index in [-0.39, 0.29) is 10.7 Å². The second kappa shape index (κ2) is 5.46. The van der Waals surface area contributed by atoms with Gasteiger partial charge >= 0.3 is 5.97 Å². The first-order valence-corrected chi connectivity index (χ1v) is 5.57. The minimum Gasteiger partial charge on any atom is -0.476 e. The van der Waals surface area contributed by atoms with Crippen LogP contribution < -0.4 is 5.32 Å². The van der Waals surface area contributed by atoms with E-state index in [0.717, 1.165) is 5.56 Å². The molecule has 0 amide bonds. The van der Waals surface area contributed by atoms with Crippen molar-refractivity contribution in [2.24, 2.45) is 0 Å². The monoisotopic (exact) mass is 263 g/mol. The van der Waals surface area contributed by atoms with Gasteiger partial charge in [-0.05, 0) is 29.8 Å². The van der Waals surface area contributed by atoms with Crippen molar-refractivity contribution in [3.05, 3.63) is 52.9 Å². The van der Waals surface area contributed by atoms with Crippen LogP contribution in [0.15, 0.2) is 36.7 Å². The average Bonchev–Trinajstić information content (AvgIpc) is 2.38. The van der Waals surface area contributed by atoms with Gasteiger partial charge in [0.15, 0.2) is 5.69 Å². The summed E-state index contributed by atoms with van der Waals surface area (Å²) in [6, 6.07) is 6.87. The number of nitrogens with one attached hydrogen (secondary N) is 1. The van der Waals surface area contributed by atoms with Crippen LogP contribution in [0.25, 0.3) is 0 Å². The van der Waals surface area contributed by atoms with Gasteiger partial charge in [-0.1, -0.05) is 11.6 Å². The van der Waals surface area contributed by atoms with Crippen molar-refractivity contribution in [1.29, 1.82) is 0 Å². The number of aromatic nitrogens is 2. The van der Waals surface area contributed by atoms with Crippen LogP contribution in [0.3, 0.4) is 0 Å². The second-order valence-corrected chi connectivity index (χ2v) is 3.95. The van der Waals surface area contributed by atoms with E-state index in [4.69, 9.17) is 16.7 Å². The first kappa shape index (κ1) is 12.3. The molecule has 0 aromatic carbocycles. The van der Waals surface area contributed by atoms with E-state index in [2.05, 4.69) is 15.3 Å². The molecule has 0 atom stereocenters. The normalized spacial score (nSPS) is 10.1. The second-order valence-electron chi connectivity index (χ2n) is 3.54. The third-order valence-electron chi connectivity index (χ3n) is 2.27. The standard InChI is InChI=1S/C12H10ClN3O2/c13-9-1-2-10(16-11(9)12(17)18)15-7-8-3-5-14-6-4-8/h1-6H,7H2,(H,15,16)(H,17,18). The Morgan fingerprint density at radius 1 is 1.28 bits per heavy atom. The highest BCUT2D eigenvalue weighted by Crippen LogP contribution is 2.17. The first-order chi connectivity index (χ1) is 8.66. The number of anilines is 1. The van der Waals surface area contributed by atoms with Crippen molar-refractivity contribution < 1.29 is 9.90 Å². The summed E-state index contributed by atoms with van der Waals surface area (Å²) in [4.78, 5) is 18.7. The highest BCUT2D eigenvalue weighted by atomic mass is 35.5. The molecule has 6 heteroatoms. The van der Waals surface area contributed by atoms with Gasteiger partial charge in [-0.15, -0.1) is 0 Å². The molecule has 0 fully saturated rings. The molecule has 0 aliphatic heterocycles. The van der Waals surface area contributed by atoms with E-state index >= 15 is 0 Å². The van der Waals surface area contributed by atoms with Crippen LogP contribution in [-0.2, 0) is 6.54 Å². The van der Waals surface area contributed by atoms with E-state index in [1.165, 1.54) is 6.07 Å². The van der Waals surface area contributed by atoms with Gasteiger partial charge in [-0.2, -0.15) is 0 Å². The van der Waals surface area contributed by atoms with E-state index in [9.17, 15) is 4.79 Å². The molecule has 92 valence electrons. The summed E-state index contributed by atoms with van der Waals surface area (Å²) >= 11 is 5.73. The lowest BCUT2D eigenvalue weighted by Gasteiger charge is -2.07. The highest BCUT2D eigenvalue weighted by molar-refractivity contribution is 6.33. The summed E-state index contributed by atoms with van der Waals surface area (Å²) in [6.07, 6.45) is 3.38. The van der Waals surface area contributed by atoms with Crippen LogP contribution in [0.5, 0.6) is 0 Å². The van der Waals surface area contributed by atoms with Crippen molar-refractivity contribution in [1.82, 2.24) is 9.97 Å². The Morgan fingerprint density at radius 3 is 2.67 bits per heavy atom. The summed E-state index contributed by atoms with van der Waals surface area (Å²) < 4.78 is 0. The molecule has 0 spiro atoms.